The lowest BCUT2D eigenvalue weighted by atomic mass is 10.1. The summed E-state index contributed by atoms with van der Waals surface area (Å²) in [6.07, 6.45) is 0. The number of anilines is 1. The summed E-state index contributed by atoms with van der Waals surface area (Å²) in [6.45, 7) is -0.185. The van der Waals surface area contributed by atoms with Crippen LogP contribution in [-0.2, 0) is 0 Å². The van der Waals surface area contributed by atoms with E-state index in [1.54, 1.807) is 0 Å². The van der Waals surface area contributed by atoms with Gasteiger partial charge < -0.3 is 20.4 Å². The van der Waals surface area contributed by atoms with Gasteiger partial charge in [-0.05, 0) is 12.1 Å². The van der Waals surface area contributed by atoms with Crippen molar-refractivity contribution in [3.05, 3.63) is 29.6 Å². The number of carboxylic acid groups (broad SMARTS) is 1. The van der Waals surface area contributed by atoms with Crippen LogP contribution in [0.1, 0.15) is 10.4 Å². The molecule has 0 spiro atoms. The number of carboxylic acids is 1. The number of carbonyl (C=O) groups is 2. The number of hydrogen-bond donors (Lipinski definition) is 3. The Kier molecular flexibility index (Phi) is 4.61. The van der Waals surface area contributed by atoms with Gasteiger partial charge in [0.2, 0.25) is 0 Å². The Morgan fingerprint density at radius 3 is 2.67 bits per heavy atom. The van der Waals surface area contributed by atoms with Crippen molar-refractivity contribution in [3.8, 4) is 0 Å². The van der Waals surface area contributed by atoms with E-state index in [2.05, 4.69) is 5.32 Å². The lowest BCUT2D eigenvalue weighted by Gasteiger charge is -2.17. The van der Waals surface area contributed by atoms with Gasteiger partial charge in [0.25, 0.3) is 0 Å². The van der Waals surface area contributed by atoms with Gasteiger partial charge in [0, 0.05) is 13.6 Å². The highest BCUT2D eigenvalue weighted by Crippen LogP contribution is 2.20. The van der Waals surface area contributed by atoms with Gasteiger partial charge in [-0.1, -0.05) is 6.07 Å². The number of hydrogen-bond acceptors (Lipinski definition) is 3. The van der Waals surface area contributed by atoms with Gasteiger partial charge in [0.1, 0.15) is 5.82 Å². The minimum atomic E-state index is -1.34. The van der Waals surface area contributed by atoms with E-state index < -0.39 is 17.8 Å². The SMILES string of the molecule is CN(CCO)C(=O)Nc1c(F)cccc1C(=O)O. The topological polar surface area (TPSA) is 89.9 Å². The molecule has 6 nitrogen and oxygen atoms in total. The van der Waals surface area contributed by atoms with Crippen molar-refractivity contribution in [3.63, 3.8) is 0 Å². The molecule has 7 heteroatoms. The lowest BCUT2D eigenvalue weighted by molar-refractivity contribution is 0.0697. The maximum absolute atomic E-state index is 13.5. The molecular formula is C11H13FN2O4. The molecule has 1 rings (SSSR count). The van der Waals surface area contributed by atoms with Gasteiger partial charge in [-0.3, -0.25) is 0 Å². The second-order valence-corrected chi connectivity index (χ2v) is 3.54. The van der Waals surface area contributed by atoms with Gasteiger partial charge in [-0.2, -0.15) is 0 Å². The third kappa shape index (κ3) is 3.17. The molecule has 0 aliphatic heterocycles. The Bertz CT molecular complexity index is 464. The van der Waals surface area contributed by atoms with Crippen LogP contribution in [0.2, 0.25) is 0 Å². The number of nitrogens with one attached hydrogen (secondary N) is 1. The summed E-state index contributed by atoms with van der Waals surface area (Å²) in [5, 5.41) is 19.7. The number of rotatable bonds is 4. The largest absolute Gasteiger partial charge is 0.478 e. The minimum Gasteiger partial charge on any atom is -0.478 e. The molecule has 0 radical (unpaired) electrons. The van der Waals surface area contributed by atoms with Crippen molar-refractivity contribution in [1.82, 2.24) is 4.90 Å². The van der Waals surface area contributed by atoms with Crippen molar-refractivity contribution in [1.29, 1.82) is 0 Å². The average Bonchev–Trinajstić information content (AvgIpc) is 2.31. The second kappa shape index (κ2) is 5.97. The molecule has 98 valence electrons. The smallest absolute Gasteiger partial charge is 0.337 e. The molecule has 0 bridgehead atoms. The Hall–Kier alpha value is -2.15. The minimum absolute atomic E-state index is 0.0582. The van der Waals surface area contributed by atoms with Crippen LogP contribution < -0.4 is 5.32 Å². The summed E-state index contributed by atoms with van der Waals surface area (Å²) in [4.78, 5) is 23.6. The van der Waals surface area contributed by atoms with Crippen LogP contribution in [-0.4, -0.2) is 47.3 Å². The van der Waals surface area contributed by atoms with Gasteiger partial charge in [0.05, 0.1) is 17.9 Å². The average molecular weight is 256 g/mol. The van der Waals surface area contributed by atoms with Crippen LogP contribution in [0.4, 0.5) is 14.9 Å². The Labute approximate surface area is 103 Å². The van der Waals surface area contributed by atoms with E-state index in [4.69, 9.17) is 10.2 Å². The van der Waals surface area contributed by atoms with Crippen molar-refractivity contribution in [2.24, 2.45) is 0 Å². The summed E-state index contributed by atoms with van der Waals surface area (Å²) in [7, 11) is 1.40. The van der Waals surface area contributed by atoms with Crippen molar-refractivity contribution in [2.45, 2.75) is 0 Å². The highest BCUT2D eigenvalue weighted by atomic mass is 19.1. The van der Waals surface area contributed by atoms with Crippen molar-refractivity contribution < 1.29 is 24.2 Å². The Morgan fingerprint density at radius 1 is 1.44 bits per heavy atom. The lowest BCUT2D eigenvalue weighted by Crippen LogP contribution is -2.34. The molecule has 0 aromatic heterocycles. The number of benzene rings is 1. The first kappa shape index (κ1) is 13.9. The molecule has 0 aliphatic rings. The normalized spacial score (nSPS) is 9.94. The highest BCUT2D eigenvalue weighted by Gasteiger charge is 2.17. The number of para-hydroxylation sites is 1. The fourth-order valence-corrected chi connectivity index (χ4v) is 1.28. The number of amides is 2. The Balaban J connectivity index is 2.96. The van der Waals surface area contributed by atoms with Gasteiger partial charge in [-0.25, -0.2) is 14.0 Å². The van der Waals surface area contributed by atoms with Crippen LogP contribution in [0, 0.1) is 5.82 Å². The number of likely N-dealkylation sites (N-methyl/N-ethyl adjacent to an activating group) is 1. The predicted molar refractivity (Wildman–Crippen MR) is 62.1 cm³/mol. The van der Waals surface area contributed by atoms with Gasteiger partial charge in [-0.15, -0.1) is 0 Å². The molecule has 18 heavy (non-hydrogen) atoms. The van der Waals surface area contributed by atoms with E-state index >= 15 is 0 Å². The first-order valence-electron chi connectivity index (χ1n) is 5.12. The maximum atomic E-state index is 13.5. The first-order chi connectivity index (χ1) is 8.47. The molecule has 0 saturated heterocycles. The van der Waals surface area contributed by atoms with Crippen LogP contribution in [0.15, 0.2) is 18.2 Å². The summed E-state index contributed by atoms with van der Waals surface area (Å²) in [6, 6.07) is 2.78. The zero-order valence-corrected chi connectivity index (χ0v) is 9.68. The monoisotopic (exact) mass is 256 g/mol. The number of nitrogens with zero attached hydrogens (tertiary/aromatic N) is 1. The summed E-state index contributed by atoms with van der Waals surface area (Å²) < 4.78 is 13.5. The fraction of sp³-hybridized carbons (Fsp3) is 0.273. The molecule has 0 fully saturated rings. The van der Waals surface area contributed by atoms with Crippen LogP contribution in [0.25, 0.3) is 0 Å². The molecule has 2 amide bonds. The predicted octanol–water partition coefficient (Wildman–Crippen LogP) is 0.980. The number of aliphatic hydroxyl groups excluding tert-OH is 1. The molecule has 3 N–H and O–H groups in total. The molecule has 0 heterocycles. The molecule has 0 saturated carbocycles. The van der Waals surface area contributed by atoms with Crippen LogP contribution >= 0.6 is 0 Å². The van der Waals surface area contributed by atoms with E-state index in [0.717, 1.165) is 11.0 Å². The van der Waals surface area contributed by atoms with E-state index in [0.29, 0.717) is 0 Å². The van der Waals surface area contributed by atoms with Crippen molar-refractivity contribution in [2.75, 3.05) is 25.5 Å². The molecule has 0 atom stereocenters. The van der Waals surface area contributed by atoms with E-state index in [-0.39, 0.29) is 24.4 Å². The number of aliphatic hydroxyl groups is 1. The van der Waals surface area contributed by atoms with Gasteiger partial charge in [0.15, 0.2) is 0 Å². The zero-order valence-electron chi connectivity index (χ0n) is 9.68. The number of aromatic carboxylic acids is 1. The van der Waals surface area contributed by atoms with Crippen LogP contribution in [0.5, 0.6) is 0 Å². The summed E-state index contributed by atoms with van der Waals surface area (Å²) in [5.74, 6) is -2.17. The van der Waals surface area contributed by atoms with E-state index in [1.165, 1.54) is 19.2 Å². The standard InChI is InChI=1S/C11H13FN2O4/c1-14(5-6-15)11(18)13-9-7(10(16)17)3-2-4-8(9)12/h2-4,15H,5-6H2,1H3,(H,13,18)(H,16,17). The van der Waals surface area contributed by atoms with Crippen molar-refractivity contribution >= 4 is 17.7 Å². The third-order valence-corrected chi connectivity index (χ3v) is 2.26. The molecule has 0 aliphatic carbocycles. The van der Waals surface area contributed by atoms with Gasteiger partial charge >= 0.3 is 12.0 Å². The number of carbonyl (C=O) groups excluding carboxylic acids is 1. The molecule has 1 aromatic rings. The molecular weight excluding hydrogens is 243 g/mol. The number of urea groups is 1. The zero-order chi connectivity index (χ0) is 13.7. The first-order valence-corrected chi connectivity index (χ1v) is 5.12. The number of halogens is 1. The Morgan fingerprint density at radius 2 is 2.11 bits per heavy atom. The fourth-order valence-electron chi connectivity index (χ4n) is 1.28. The van der Waals surface area contributed by atoms with E-state index in [1.807, 2.05) is 0 Å². The molecule has 0 unspecified atom stereocenters. The maximum Gasteiger partial charge on any atom is 0.337 e. The second-order valence-electron chi connectivity index (χ2n) is 3.54. The quantitative estimate of drug-likeness (QED) is 0.749. The summed E-state index contributed by atoms with van der Waals surface area (Å²) in [5.41, 5.74) is -0.722. The summed E-state index contributed by atoms with van der Waals surface area (Å²) >= 11 is 0. The third-order valence-electron chi connectivity index (χ3n) is 2.26. The van der Waals surface area contributed by atoms with E-state index in [9.17, 15) is 14.0 Å². The van der Waals surface area contributed by atoms with Crippen LogP contribution in [0.3, 0.4) is 0 Å². The highest BCUT2D eigenvalue weighted by molar-refractivity contribution is 6.00. The molecule has 1 aromatic carbocycles.